The van der Waals surface area contributed by atoms with Gasteiger partial charge in [-0.15, -0.1) is 0 Å². The van der Waals surface area contributed by atoms with E-state index in [4.69, 9.17) is 0 Å². The summed E-state index contributed by atoms with van der Waals surface area (Å²) >= 11 is 0. The molecule has 0 atom stereocenters. The average Bonchev–Trinajstić information content (AvgIpc) is 2.59. The van der Waals surface area contributed by atoms with Crippen molar-refractivity contribution in [1.82, 2.24) is 10.2 Å². The lowest BCUT2D eigenvalue weighted by Gasteiger charge is -2.32. The van der Waals surface area contributed by atoms with Crippen LogP contribution < -0.4 is 5.32 Å². The largest absolute Gasteiger partial charge is 0.343 e. The second kappa shape index (κ2) is 10.4. The smallest absolute Gasteiger partial charge is 0.223 e. The van der Waals surface area contributed by atoms with Crippen molar-refractivity contribution >= 4 is 5.91 Å². The van der Waals surface area contributed by atoms with E-state index in [1.165, 1.54) is 24.8 Å². The highest BCUT2D eigenvalue weighted by Gasteiger charge is 2.22. The molecule has 1 aromatic rings. The monoisotopic (exact) mass is 316 g/mol. The Labute approximate surface area is 141 Å². The maximum atomic E-state index is 12.2. The lowest BCUT2D eigenvalue weighted by Crippen LogP contribution is -2.40. The Balaban J connectivity index is 1.59. The first-order valence-electron chi connectivity index (χ1n) is 9.32. The van der Waals surface area contributed by atoms with Crippen LogP contribution in [0.15, 0.2) is 30.3 Å². The van der Waals surface area contributed by atoms with Gasteiger partial charge in [-0.2, -0.15) is 0 Å². The fourth-order valence-corrected chi connectivity index (χ4v) is 3.31. The zero-order valence-corrected chi connectivity index (χ0v) is 14.6. The van der Waals surface area contributed by atoms with Crippen LogP contribution >= 0.6 is 0 Å². The Morgan fingerprint density at radius 1 is 1.13 bits per heavy atom. The number of carbonyl (C=O) groups is 1. The van der Waals surface area contributed by atoms with Crippen molar-refractivity contribution in [2.75, 3.05) is 26.2 Å². The van der Waals surface area contributed by atoms with Crippen molar-refractivity contribution < 1.29 is 4.79 Å². The van der Waals surface area contributed by atoms with Gasteiger partial charge in [-0.25, -0.2) is 0 Å². The summed E-state index contributed by atoms with van der Waals surface area (Å²) in [5.74, 6) is 1.06. The molecule has 23 heavy (non-hydrogen) atoms. The van der Waals surface area contributed by atoms with E-state index in [1.54, 1.807) is 0 Å². The summed E-state index contributed by atoms with van der Waals surface area (Å²) in [6.45, 7) is 5.95. The highest BCUT2D eigenvalue weighted by Crippen LogP contribution is 2.21. The number of piperidine rings is 1. The average molecular weight is 316 g/mol. The van der Waals surface area contributed by atoms with Crippen LogP contribution in [0.1, 0.15) is 51.0 Å². The van der Waals surface area contributed by atoms with Crippen LogP contribution in [-0.4, -0.2) is 37.0 Å². The van der Waals surface area contributed by atoms with E-state index in [9.17, 15) is 4.79 Å². The molecule has 1 aliphatic heterocycles. The van der Waals surface area contributed by atoms with Gasteiger partial charge in [0.1, 0.15) is 0 Å². The lowest BCUT2D eigenvalue weighted by atomic mass is 9.90. The van der Waals surface area contributed by atoms with Crippen molar-refractivity contribution in [2.45, 2.75) is 51.9 Å². The lowest BCUT2D eigenvalue weighted by molar-refractivity contribution is -0.132. The summed E-state index contributed by atoms with van der Waals surface area (Å²) in [5, 5.41) is 3.38. The number of amides is 1. The maximum absolute atomic E-state index is 12.2. The molecule has 0 aromatic heterocycles. The van der Waals surface area contributed by atoms with Crippen LogP contribution in [0.5, 0.6) is 0 Å². The van der Waals surface area contributed by atoms with Crippen molar-refractivity contribution in [3.63, 3.8) is 0 Å². The van der Waals surface area contributed by atoms with Crippen LogP contribution in [0, 0.1) is 5.92 Å². The number of unbranched alkanes of at least 4 members (excludes halogenated alkanes) is 2. The molecule has 1 aromatic carbocycles. The predicted molar refractivity (Wildman–Crippen MR) is 96.5 cm³/mol. The topological polar surface area (TPSA) is 32.3 Å². The zero-order chi connectivity index (χ0) is 16.3. The van der Waals surface area contributed by atoms with Gasteiger partial charge in [-0.05, 0) is 43.7 Å². The summed E-state index contributed by atoms with van der Waals surface area (Å²) in [6, 6.07) is 10.7. The minimum atomic E-state index is 0.325. The summed E-state index contributed by atoms with van der Waals surface area (Å²) in [5.41, 5.74) is 1.42. The maximum Gasteiger partial charge on any atom is 0.223 e. The van der Waals surface area contributed by atoms with Crippen LogP contribution in [0.3, 0.4) is 0 Å². The summed E-state index contributed by atoms with van der Waals surface area (Å²) in [4.78, 5) is 14.3. The van der Waals surface area contributed by atoms with Gasteiger partial charge in [0, 0.05) is 26.1 Å². The van der Waals surface area contributed by atoms with Crippen LogP contribution in [-0.2, 0) is 11.2 Å². The Hall–Kier alpha value is -1.35. The third-order valence-electron chi connectivity index (χ3n) is 4.81. The Kier molecular flexibility index (Phi) is 8.16. The number of carbonyl (C=O) groups excluding carboxylic acids is 1. The second-order valence-corrected chi connectivity index (χ2v) is 6.72. The molecule has 2 rings (SSSR count). The van der Waals surface area contributed by atoms with Gasteiger partial charge in [0.05, 0.1) is 0 Å². The number of nitrogens with zero attached hydrogens (tertiary/aromatic N) is 1. The van der Waals surface area contributed by atoms with E-state index in [1.807, 2.05) is 0 Å². The minimum Gasteiger partial charge on any atom is -0.343 e. The molecule has 0 saturated carbocycles. The van der Waals surface area contributed by atoms with E-state index >= 15 is 0 Å². The zero-order valence-electron chi connectivity index (χ0n) is 14.6. The highest BCUT2D eigenvalue weighted by atomic mass is 16.2. The molecule has 3 heteroatoms. The van der Waals surface area contributed by atoms with E-state index < -0.39 is 0 Å². The SMILES string of the molecule is CCCCCNCCC(=O)N1CCC(Cc2ccccc2)CC1. The molecule has 0 unspecified atom stereocenters. The normalized spacial score (nSPS) is 15.8. The summed E-state index contributed by atoms with van der Waals surface area (Å²) < 4.78 is 0. The molecule has 0 spiro atoms. The molecule has 1 heterocycles. The molecule has 128 valence electrons. The van der Waals surface area contributed by atoms with E-state index in [-0.39, 0.29) is 0 Å². The van der Waals surface area contributed by atoms with Crippen molar-refractivity contribution in [3.8, 4) is 0 Å². The quantitative estimate of drug-likeness (QED) is 0.706. The second-order valence-electron chi connectivity index (χ2n) is 6.72. The van der Waals surface area contributed by atoms with Gasteiger partial charge in [-0.1, -0.05) is 50.1 Å². The van der Waals surface area contributed by atoms with Crippen molar-refractivity contribution in [3.05, 3.63) is 35.9 Å². The minimum absolute atomic E-state index is 0.325. The third kappa shape index (κ3) is 6.74. The molecule has 0 radical (unpaired) electrons. The highest BCUT2D eigenvalue weighted by molar-refractivity contribution is 5.76. The van der Waals surface area contributed by atoms with Gasteiger partial charge in [-0.3, -0.25) is 4.79 Å². The van der Waals surface area contributed by atoms with Gasteiger partial charge < -0.3 is 10.2 Å². The molecule has 1 saturated heterocycles. The first-order valence-corrected chi connectivity index (χ1v) is 9.32. The molecule has 3 nitrogen and oxygen atoms in total. The fraction of sp³-hybridized carbons (Fsp3) is 0.650. The fourth-order valence-electron chi connectivity index (χ4n) is 3.31. The first kappa shape index (κ1) is 18.0. The molecule has 1 amide bonds. The van der Waals surface area contributed by atoms with E-state index in [0.717, 1.165) is 51.4 Å². The number of benzene rings is 1. The van der Waals surface area contributed by atoms with Gasteiger partial charge in [0.15, 0.2) is 0 Å². The predicted octanol–water partition coefficient (Wildman–Crippen LogP) is 3.64. The van der Waals surface area contributed by atoms with Crippen molar-refractivity contribution in [1.29, 1.82) is 0 Å². The van der Waals surface area contributed by atoms with Crippen molar-refractivity contribution in [2.24, 2.45) is 5.92 Å². The van der Waals surface area contributed by atoms with Gasteiger partial charge >= 0.3 is 0 Å². The molecule has 1 fully saturated rings. The van der Waals surface area contributed by atoms with E-state index in [2.05, 4.69) is 47.5 Å². The van der Waals surface area contributed by atoms with Crippen LogP contribution in [0.2, 0.25) is 0 Å². The molecule has 1 N–H and O–H groups in total. The molecule has 0 bridgehead atoms. The summed E-state index contributed by atoms with van der Waals surface area (Å²) in [7, 11) is 0. The Morgan fingerprint density at radius 3 is 2.57 bits per heavy atom. The number of rotatable bonds is 9. The number of nitrogens with one attached hydrogen (secondary N) is 1. The van der Waals surface area contributed by atoms with Gasteiger partial charge in [0.2, 0.25) is 5.91 Å². The molecule has 0 aliphatic carbocycles. The third-order valence-corrected chi connectivity index (χ3v) is 4.81. The van der Waals surface area contributed by atoms with Crippen LogP contribution in [0.4, 0.5) is 0 Å². The molecular formula is C20H32N2O. The van der Waals surface area contributed by atoms with Gasteiger partial charge in [0.25, 0.3) is 0 Å². The number of hydrogen-bond acceptors (Lipinski definition) is 2. The van der Waals surface area contributed by atoms with Crippen LogP contribution in [0.25, 0.3) is 0 Å². The molecular weight excluding hydrogens is 284 g/mol. The molecule has 1 aliphatic rings. The standard InChI is InChI=1S/C20H32N2O/c1-2-3-7-13-21-14-10-20(23)22-15-11-19(12-16-22)17-18-8-5-4-6-9-18/h4-6,8-9,19,21H,2-3,7,10-17H2,1H3. The first-order chi connectivity index (χ1) is 11.3. The Morgan fingerprint density at radius 2 is 1.87 bits per heavy atom. The Bertz CT molecular complexity index is 438. The van der Waals surface area contributed by atoms with E-state index in [0.29, 0.717) is 12.3 Å². The number of likely N-dealkylation sites (tertiary alicyclic amines) is 1. The number of hydrogen-bond donors (Lipinski definition) is 1. The summed E-state index contributed by atoms with van der Waals surface area (Å²) in [6.07, 6.45) is 7.83.